The van der Waals surface area contributed by atoms with Crippen LogP contribution >= 0.6 is 12.2 Å². The number of nitrogens with one attached hydrogen (secondary N) is 2. The van der Waals surface area contributed by atoms with Gasteiger partial charge in [-0.15, -0.1) is 0 Å². The van der Waals surface area contributed by atoms with Gasteiger partial charge in [-0.05, 0) is 42.8 Å². The van der Waals surface area contributed by atoms with Crippen LogP contribution in [-0.4, -0.2) is 4.99 Å². The van der Waals surface area contributed by atoms with Gasteiger partial charge in [-0.1, -0.05) is 78.4 Å². The Hall–Kier alpha value is -2.91. The molecule has 0 saturated carbocycles. The quantitative estimate of drug-likeness (QED) is 0.446. The molecule has 3 heteroatoms. The van der Waals surface area contributed by atoms with E-state index in [2.05, 4.69) is 41.8 Å². The van der Waals surface area contributed by atoms with E-state index in [1.165, 1.54) is 5.56 Å². The van der Waals surface area contributed by atoms with E-state index < -0.39 is 0 Å². The summed E-state index contributed by atoms with van der Waals surface area (Å²) >= 11 is 5.53. The van der Waals surface area contributed by atoms with Gasteiger partial charge in [0.1, 0.15) is 4.99 Å². The fourth-order valence-electron chi connectivity index (χ4n) is 2.43. The Kier molecular flexibility index (Phi) is 5.60. The highest BCUT2D eigenvalue weighted by Crippen LogP contribution is 2.19. The van der Waals surface area contributed by atoms with Crippen LogP contribution in [0.4, 0.5) is 11.4 Å². The fraction of sp³-hybridized carbons (Fsp3) is 0.0455. The fourth-order valence-corrected chi connectivity index (χ4v) is 2.67. The second kappa shape index (κ2) is 8.27. The van der Waals surface area contributed by atoms with Gasteiger partial charge in [0, 0.05) is 17.1 Å². The van der Waals surface area contributed by atoms with Crippen LogP contribution in [0.25, 0.3) is 5.70 Å². The largest absolute Gasteiger partial charge is 0.355 e. The number of anilines is 2. The number of hydrogen-bond donors (Lipinski definition) is 2. The molecule has 0 bridgehead atoms. The Bertz CT molecular complexity index is 854. The lowest BCUT2D eigenvalue weighted by Gasteiger charge is -2.13. The number of thiocarbonyl (C=S) groups is 1. The predicted molar refractivity (Wildman–Crippen MR) is 112 cm³/mol. The zero-order valence-electron chi connectivity index (χ0n) is 14.1. The van der Waals surface area contributed by atoms with Crippen molar-refractivity contribution >= 4 is 34.3 Å². The van der Waals surface area contributed by atoms with Crippen LogP contribution in [0.3, 0.4) is 0 Å². The van der Waals surface area contributed by atoms with Crippen LogP contribution in [0.2, 0.25) is 0 Å². The molecule has 2 N–H and O–H groups in total. The Labute approximate surface area is 154 Å². The van der Waals surface area contributed by atoms with Crippen molar-refractivity contribution in [3.63, 3.8) is 0 Å². The first-order valence-electron chi connectivity index (χ1n) is 8.17. The zero-order chi connectivity index (χ0) is 17.5. The van der Waals surface area contributed by atoms with Gasteiger partial charge in [0.2, 0.25) is 0 Å². The second-order valence-corrected chi connectivity index (χ2v) is 6.21. The lowest BCUT2D eigenvalue weighted by Crippen LogP contribution is -2.09. The van der Waals surface area contributed by atoms with E-state index in [9.17, 15) is 0 Å². The molecule has 0 saturated heterocycles. The molecule has 25 heavy (non-hydrogen) atoms. The molecule has 3 aromatic carbocycles. The molecule has 0 atom stereocenters. The minimum atomic E-state index is 0.658. The van der Waals surface area contributed by atoms with Gasteiger partial charge in [0.15, 0.2) is 0 Å². The Balaban J connectivity index is 1.83. The van der Waals surface area contributed by atoms with E-state index in [0.29, 0.717) is 4.99 Å². The maximum absolute atomic E-state index is 5.53. The summed E-state index contributed by atoms with van der Waals surface area (Å²) in [5.74, 6) is 0. The average Bonchev–Trinajstić information content (AvgIpc) is 2.65. The third-order valence-electron chi connectivity index (χ3n) is 3.73. The van der Waals surface area contributed by atoms with Gasteiger partial charge in [0.25, 0.3) is 0 Å². The molecule has 0 heterocycles. The molecule has 0 aromatic heterocycles. The first-order valence-corrected chi connectivity index (χ1v) is 8.58. The van der Waals surface area contributed by atoms with Gasteiger partial charge < -0.3 is 10.6 Å². The lowest BCUT2D eigenvalue weighted by molar-refractivity contribution is 1.47. The van der Waals surface area contributed by atoms with Crippen LogP contribution in [0.1, 0.15) is 11.1 Å². The number of benzene rings is 3. The monoisotopic (exact) mass is 344 g/mol. The van der Waals surface area contributed by atoms with E-state index in [-0.39, 0.29) is 0 Å². The molecule has 0 aliphatic heterocycles. The van der Waals surface area contributed by atoms with Crippen molar-refractivity contribution in [3.05, 3.63) is 102 Å². The van der Waals surface area contributed by atoms with Crippen molar-refractivity contribution in [3.8, 4) is 0 Å². The summed E-state index contributed by atoms with van der Waals surface area (Å²) in [5, 5.41) is 6.72. The summed E-state index contributed by atoms with van der Waals surface area (Å²) in [6.07, 6.45) is 1.96. The molecule has 2 nitrogen and oxygen atoms in total. The van der Waals surface area contributed by atoms with Crippen molar-refractivity contribution in [2.24, 2.45) is 0 Å². The molecule has 3 aromatic rings. The molecular weight excluding hydrogens is 324 g/mol. The topological polar surface area (TPSA) is 24.1 Å². The highest BCUT2D eigenvalue weighted by molar-refractivity contribution is 7.81. The normalized spacial score (nSPS) is 11.0. The summed E-state index contributed by atoms with van der Waals surface area (Å²) < 4.78 is 0. The first-order chi connectivity index (χ1) is 12.2. The maximum Gasteiger partial charge on any atom is 0.105 e. The Morgan fingerprint density at radius 2 is 1.28 bits per heavy atom. The molecular formula is C22H20N2S. The third-order valence-corrected chi connectivity index (χ3v) is 3.95. The molecule has 0 radical (unpaired) electrons. The van der Waals surface area contributed by atoms with E-state index in [0.717, 1.165) is 22.6 Å². The first kappa shape index (κ1) is 16.9. The third kappa shape index (κ3) is 5.03. The van der Waals surface area contributed by atoms with Crippen LogP contribution in [0, 0.1) is 6.92 Å². The molecule has 0 fully saturated rings. The second-order valence-electron chi connectivity index (χ2n) is 5.77. The van der Waals surface area contributed by atoms with Crippen molar-refractivity contribution in [1.29, 1.82) is 0 Å². The van der Waals surface area contributed by atoms with E-state index >= 15 is 0 Å². The maximum atomic E-state index is 5.53. The standard InChI is InChI=1S/C22H20N2S/c1-17-12-14-20(15-13-17)24-22(25)16-21(18-8-4-2-5-9-18)23-19-10-6-3-7-11-19/h2-16,23H,1H3,(H,24,25)/b21-16-. The molecule has 3 rings (SSSR count). The van der Waals surface area contributed by atoms with Crippen molar-refractivity contribution in [2.75, 3.05) is 10.6 Å². The van der Waals surface area contributed by atoms with Crippen LogP contribution in [0.5, 0.6) is 0 Å². The van der Waals surface area contributed by atoms with Gasteiger partial charge >= 0.3 is 0 Å². The van der Waals surface area contributed by atoms with Gasteiger partial charge in [0.05, 0.1) is 0 Å². The van der Waals surface area contributed by atoms with Gasteiger partial charge in [-0.3, -0.25) is 0 Å². The number of para-hydroxylation sites is 1. The number of aryl methyl sites for hydroxylation is 1. The molecule has 0 spiro atoms. The Morgan fingerprint density at radius 1 is 0.720 bits per heavy atom. The summed E-state index contributed by atoms with van der Waals surface area (Å²) in [6.45, 7) is 2.07. The van der Waals surface area contributed by atoms with Gasteiger partial charge in [-0.2, -0.15) is 0 Å². The summed E-state index contributed by atoms with van der Waals surface area (Å²) in [7, 11) is 0. The van der Waals surface area contributed by atoms with Crippen LogP contribution in [0.15, 0.2) is 91.0 Å². The Morgan fingerprint density at radius 3 is 1.92 bits per heavy atom. The zero-order valence-corrected chi connectivity index (χ0v) is 14.9. The SMILES string of the molecule is Cc1ccc(NC(=S)/C=C(\Nc2ccccc2)c2ccccc2)cc1. The average molecular weight is 344 g/mol. The minimum absolute atomic E-state index is 0.658. The molecule has 124 valence electrons. The highest BCUT2D eigenvalue weighted by Gasteiger charge is 2.04. The van der Waals surface area contributed by atoms with Crippen molar-refractivity contribution in [2.45, 2.75) is 6.92 Å². The van der Waals surface area contributed by atoms with Crippen LogP contribution < -0.4 is 10.6 Å². The lowest BCUT2D eigenvalue weighted by atomic mass is 10.1. The van der Waals surface area contributed by atoms with E-state index in [4.69, 9.17) is 12.2 Å². The van der Waals surface area contributed by atoms with Crippen LogP contribution in [-0.2, 0) is 0 Å². The number of rotatable bonds is 5. The molecule has 0 unspecified atom stereocenters. The number of hydrogen-bond acceptors (Lipinski definition) is 2. The smallest absolute Gasteiger partial charge is 0.105 e. The predicted octanol–water partition coefficient (Wildman–Crippen LogP) is 5.89. The molecule has 0 aliphatic carbocycles. The molecule has 0 aliphatic rings. The summed E-state index contributed by atoms with van der Waals surface area (Å²) in [4.78, 5) is 0.658. The van der Waals surface area contributed by atoms with Crippen molar-refractivity contribution in [1.82, 2.24) is 0 Å². The minimum Gasteiger partial charge on any atom is -0.355 e. The van der Waals surface area contributed by atoms with Crippen molar-refractivity contribution < 1.29 is 0 Å². The van der Waals surface area contributed by atoms with Gasteiger partial charge in [-0.25, -0.2) is 0 Å². The molecule has 0 amide bonds. The highest BCUT2D eigenvalue weighted by atomic mass is 32.1. The van der Waals surface area contributed by atoms with E-state index in [1.54, 1.807) is 0 Å². The summed E-state index contributed by atoms with van der Waals surface area (Å²) in [6, 6.07) is 28.5. The summed E-state index contributed by atoms with van der Waals surface area (Å²) in [5.41, 5.74) is 5.27. The van der Waals surface area contributed by atoms with E-state index in [1.807, 2.05) is 66.7 Å².